The molecule has 0 saturated heterocycles. The van der Waals surface area contributed by atoms with Crippen LogP contribution in [-0.2, 0) is 11.4 Å². The topological polar surface area (TPSA) is 80.6 Å². The van der Waals surface area contributed by atoms with Gasteiger partial charge in [0.2, 0.25) is 0 Å². The second-order valence-corrected chi connectivity index (χ2v) is 7.88. The number of nitrogens with one attached hydrogen (secondary N) is 1. The number of nitriles is 1. The van der Waals surface area contributed by atoms with Gasteiger partial charge in [-0.3, -0.25) is 4.79 Å². The van der Waals surface area contributed by atoms with Gasteiger partial charge in [-0.15, -0.1) is 6.42 Å². The molecule has 0 radical (unpaired) electrons. The van der Waals surface area contributed by atoms with Gasteiger partial charge in [-0.2, -0.15) is 5.26 Å². The Morgan fingerprint density at radius 1 is 1.06 bits per heavy atom. The average Bonchev–Trinajstić information content (AvgIpc) is 2.86. The molecule has 3 aromatic rings. The van der Waals surface area contributed by atoms with E-state index in [1.54, 1.807) is 42.5 Å². The number of carbonyl (C=O) groups is 1. The highest BCUT2D eigenvalue weighted by molar-refractivity contribution is 9.10. The largest absolute Gasteiger partial charge is 0.493 e. The average molecular weight is 517 g/mol. The Labute approximate surface area is 206 Å². The first kappa shape index (κ1) is 24.4. The lowest BCUT2D eigenvalue weighted by molar-refractivity contribution is -0.112. The number of methoxy groups -OCH3 is 1. The number of amides is 1. The maximum Gasteiger partial charge on any atom is 0.266 e. The predicted octanol–water partition coefficient (Wildman–Crippen LogP) is 5.59. The highest BCUT2D eigenvalue weighted by atomic mass is 79.9. The van der Waals surface area contributed by atoms with E-state index >= 15 is 0 Å². The number of carbonyl (C=O) groups excluding carboxylic acids is 1. The molecule has 3 aromatic carbocycles. The number of terminal acetylenes is 1. The first-order valence-electron chi connectivity index (χ1n) is 10.2. The molecule has 0 atom stereocenters. The second kappa shape index (κ2) is 12.2. The van der Waals surface area contributed by atoms with E-state index in [4.69, 9.17) is 20.6 Å². The summed E-state index contributed by atoms with van der Waals surface area (Å²) in [6.45, 7) is 0.530. The van der Waals surface area contributed by atoms with Crippen LogP contribution >= 0.6 is 15.9 Å². The standard InChI is InChI=1S/C27H21BrN2O4/c1-3-14-33-25-13-6-20(16-26(25)32-2)15-21(17-29)27(31)30-23-9-11-24(12-10-23)34-18-19-4-7-22(28)8-5-19/h1,4-13,15-16H,14,18H2,2H3,(H,30,31)/b21-15+. The van der Waals surface area contributed by atoms with Crippen LogP contribution in [0, 0.1) is 23.7 Å². The minimum absolute atomic E-state index is 0.0603. The van der Waals surface area contributed by atoms with Crippen molar-refractivity contribution in [2.24, 2.45) is 0 Å². The van der Waals surface area contributed by atoms with Crippen LogP contribution in [0.2, 0.25) is 0 Å². The zero-order valence-corrected chi connectivity index (χ0v) is 20.0. The summed E-state index contributed by atoms with van der Waals surface area (Å²) in [5.41, 5.74) is 2.12. The number of rotatable bonds is 9. The fraction of sp³-hybridized carbons (Fsp3) is 0.111. The van der Waals surface area contributed by atoms with Gasteiger partial charge >= 0.3 is 0 Å². The molecule has 3 rings (SSSR count). The lowest BCUT2D eigenvalue weighted by atomic mass is 10.1. The van der Waals surface area contributed by atoms with Gasteiger partial charge in [0, 0.05) is 10.2 Å². The van der Waals surface area contributed by atoms with E-state index < -0.39 is 5.91 Å². The van der Waals surface area contributed by atoms with E-state index in [9.17, 15) is 10.1 Å². The number of ether oxygens (including phenoxy) is 3. The lowest BCUT2D eigenvalue weighted by Gasteiger charge is -2.10. The van der Waals surface area contributed by atoms with Crippen molar-refractivity contribution in [3.05, 3.63) is 87.9 Å². The molecule has 0 bridgehead atoms. The van der Waals surface area contributed by atoms with E-state index in [1.807, 2.05) is 30.3 Å². The summed E-state index contributed by atoms with van der Waals surface area (Å²) in [6.07, 6.45) is 6.69. The lowest BCUT2D eigenvalue weighted by Crippen LogP contribution is -2.13. The van der Waals surface area contributed by atoms with Crippen LogP contribution in [-0.4, -0.2) is 19.6 Å². The van der Waals surface area contributed by atoms with Crippen LogP contribution < -0.4 is 19.5 Å². The molecule has 7 heteroatoms. The number of nitrogens with zero attached hydrogens (tertiary/aromatic N) is 1. The zero-order chi connectivity index (χ0) is 24.3. The summed E-state index contributed by atoms with van der Waals surface area (Å²) < 4.78 is 17.5. The van der Waals surface area contributed by atoms with Gasteiger partial charge < -0.3 is 19.5 Å². The first-order chi connectivity index (χ1) is 16.5. The molecular formula is C27H21BrN2O4. The van der Waals surface area contributed by atoms with E-state index in [-0.39, 0.29) is 12.2 Å². The van der Waals surface area contributed by atoms with Crippen LogP contribution in [0.1, 0.15) is 11.1 Å². The number of benzene rings is 3. The molecular weight excluding hydrogens is 496 g/mol. The van der Waals surface area contributed by atoms with Crippen LogP contribution in [0.15, 0.2) is 76.8 Å². The van der Waals surface area contributed by atoms with Crippen molar-refractivity contribution in [3.8, 4) is 35.7 Å². The Balaban J connectivity index is 1.64. The van der Waals surface area contributed by atoms with Crippen molar-refractivity contribution < 1.29 is 19.0 Å². The van der Waals surface area contributed by atoms with E-state index in [0.717, 1.165) is 10.0 Å². The molecule has 0 aromatic heterocycles. The van der Waals surface area contributed by atoms with E-state index in [0.29, 0.717) is 35.1 Å². The van der Waals surface area contributed by atoms with Gasteiger partial charge in [-0.25, -0.2) is 0 Å². The molecule has 6 nitrogen and oxygen atoms in total. The smallest absolute Gasteiger partial charge is 0.266 e. The maximum absolute atomic E-state index is 12.6. The molecule has 0 spiro atoms. The van der Waals surface area contributed by atoms with Crippen LogP contribution in [0.3, 0.4) is 0 Å². The maximum atomic E-state index is 12.6. The molecule has 1 N–H and O–H groups in total. The molecule has 0 fully saturated rings. The molecule has 0 aliphatic carbocycles. The summed E-state index contributed by atoms with van der Waals surface area (Å²) >= 11 is 3.40. The van der Waals surface area contributed by atoms with Crippen molar-refractivity contribution in [1.29, 1.82) is 5.26 Å². The number of hydrogen-bond acceptors (Lipinski definition) is 5. The van der Waals surface area contributed by atoms with Crippen LogP contribution in [0.25, 0.3) is 6.08 Å². The van der Waals surface area contributed by atoms with Crippen LogP contribution in [0.4, 0.5) is 5.69 Å². The van der Waals surface area contributed by atoms with Crippen molar-refractivity contribution in [2.45, 2.75) is 6.61 Å². The Hall–Kier alpha value is -4.20. The minimum Gasteiger partial charge on any atom is -0.493 e. The third kappa shape index (κ3) is 6.90. The van der Waals surface area contributed by atoms with Crippen molar-refractivity contribution >= 4 is 33.6 Å². The fourth-order valence-corrected chi connectivity index (χ4v) is 3.17. The highest BCUT2D eigenvalue weighted by Crippen LogP contribution is 2.29. The first-order valence-corrected chi connectivity index (χ1v) is 11.0. The third-order valence-corrected chi connectivity index (χ3v) is 5.13. The van der Waals surface area contributed by atoms with Crippen molar-refractivity contribution in [2.75, 3.05) is 19.0 Å². The second-order valence-electron chi connectivity index (χ2n) is 6.97. The normalized spacial score (nSPS) is 10.5. The quantitative estimate of drug-likeness (QED) is 0.227. The Kier molecular flexibility index (Phi) is 8.73. The van der Waals surface area contributed by atoms with Gasteiger partial charge in [0.15, 0.2) is 11.5 Å². The summed E-state index contributed by atoms with van der Waals surface area (Å²) in [4.78, 5) is 12.6. The molecule has 0 unspecified atom stereocenters. The van der Waals surface area contributed by atoms with Crippen LogP contribution in [0.5, 0.6) is 17.2 Å². The molecule has 1 amide bonds. The fourth-order valence-electron chi connectivity index (χ4n) is 2.91. The van der Waals surface area contributed by atoms with Gasteiger partial charge in [0.25, 0.3) is 5.91 Å². The van der Waals surface area contributed by atoms with Crippen molar-refractivity contribution in [3.63, 3.8) is 0 Å². The summed E-state index contributed by atoms with van der Waals surface area (Å²) in [5.74, 6) is 3.44. The van der Waals surface area contributed by atoms with Gasteiger partial charge in [-0.1, -0.05) is 40.0 Å². The summed E-state index contributed by atoms with van der Waals surface area (Å²) in [7, 11) is 1.50. The minimum atomic E-state index is -0.530. The predicted molar refractivity (Wildman–Crippen MR) is 134 cm³/mol. The Morgan fingerprint density at radius 3 is 2.44 bits per heavy atom. The SMILES string of the molecule is C#CCOc1ccc(/C=C(\C#N)C(=O)Nc2ccc(OCc3ccc(Br)cc3)cc2)cc1OC. The molecule has 170 valence electrons. The monoisotopic (exact) mass is 516 g/mol. The molecule has 0 aliphatic heterocycles. The van der Waals surface area contributed by atoms with Gasteiger partial charge in [0.05, 0.1) is 7.11 Å². The Morgan fingerprint density at radius 2 is 1.79 bits per heavy atom. The van der Waals surface area contributed by atoms with E-state index in [2.05, 4.69) is 27.2 Å². The molecule has 0 saturated carbocycles. The number of halogens is 1. The number of anilines is 1. The summed E-state index contributed by atoms with van der Waals surface area (Å²) in [5, 5.41) is 12.2. The van der Waals surface area contributed by atoms with Gasteiger partial charge in [0.1, 0.15) is 30.6 Å². The van der Waals surface area contributed by atoms with Gasteiger partial charge in [-0.05, 0) is 65.7 Å². The zero-order valence-electron chi connectivity index (χ0n) is 18.4. The highest BCUT2D eigenvalue weighted by Gasteiger charge is 2.11. The molecule has 0 aliphatic rings. The number of hydrogen-bond donors (Lipinski definition) is 1. The van der Waals surface area contributed by atoms with Crippen molar-refractivity contribution in [1.82, 2.24) is 0 Å². The van der Waals surface area contributed by atoms with E-state index in [1.165, 1.54) is 13.2 Å². The third-order valence-electron chi connectivity index (χ3n) is 4.61. The summed E-state index contributed by atoms with van der Waals surface area (Å²) in [6, 6.07) is 21.8. The Bertz CT molecular complexity index is 1250. The molecule has 0 heterocycles. The molecule has 34 heavy (non-hydrogen) atoms.